The first-order chi connectivity index (χ1) is 17.0. The first kappa shape index (κ1) is 23.7. The van der Waals surface area contributed by atoms with Crippen molar-refractivity contribution in [2.75, 3.05) is 33.4 Å². The van der Waals surface area contributed by atoms with Gasteiger partial charge in [0.15, 0.2) is 17.6 Å². The lowest BCUT2D eigenvalue weighted by atomic mass is 9.75. The van der Waals surface area contributed by atoms with E-state index in [4.69, 9.17) is 18.6 Å². The number of urea groups is 1. The van der Waals surface area contributed by atoms with Crippen LogP contribution in [0.4, 0.5) is 4.79 Å². The number of benzene rings is 1. The summed E-state index contributed by atoms with van der Waals surface area (Å²) in [5.41, 5.74) is -0.868. The Labute approximate surface area is 205 Å². The van der Waals surface area contributed by atoms with Gasteiger partial charge in [-0.15, -0.1) is 0 Å². The third-order valence-corrected chi connectivity index (χ3v) is 7.38. The van der Waals surface area contributed by atoms with Crippen molar-refractivity contribution >= 4 is 11.9 Å². The van der Waals surface area contributed by atoms with Crippen LogP contribution < -0.4 is 14.8 Å². The minimum absolute atomic E-state index is 0.0788. The maximum absolute atomic E-state index is 13.6. The zero-order chi connectivity index (χ0) is 24.4. The molecule has 0 radical (unpaired) electrons. The molecule has 0 aliphatic carbocycles. The fraction of sp³-hybridized carbons (Fsp3) is 0.538. The number of ether oxygens (including phenoxy) is 3. The summed E-state index contributed by atoms with van der Waals surface area (Å²) in [5.74, 6) is 2.97. The normalized spacial score (nSPS) is 25.2. The summed E-state index contributed by atoms with van der Waals surface area (Å²) in [6.07, 6.45) is 1.82. The number of furan rings is 1. The van der Waals surface area contributed by atoms with Crippen molar-refractivity contribution in [1.29, 1.82) is 0 Å². The van der Waals surface area contributed by atoms with Crippen LogP contribution in [0.15, 0.2) is 40.8 Å². The van der Waals surface area contributed by atoms with E-state index >= 15 is 0 Å². The second-order valence-electron chi connectivity index (χ2n) is 9.52. The Balaban J connectivity index is 1.20. The highest BCUT2D eigenvalue weighted by molar-refractivity contribution is 6.07. The number of piperidine rings is 1. The summed E-state index contributed by atoms with van der Waals surface area (Å²) in [5, 5.41) is 3.07. The van der Waals surface area contributed by atoms with Gasteiger partial charge in [0.2, 0.25) is 0 Å². The smallest absolute Gasteiger partial charge is 0.325 e. The number of likely N-dealkylation sites (tertiary alicyclic amines) is 1. The van der Waals surface area contributed by atoms with Crippen molar-refractivity contribution in [2.45, 2.75) is 51.0 Å². The molecule has 1 N–H and O–H groups in total. The number of para-hydroxylation sites is 2. The van der Waals surface area contributed by atoms with Gasteiger partial charge < -0.3 is 23.9 Å². The van der Waals surface area contributed by atoms with Crippen LogP contribution in [-0.2, 0) is 22.7 Å². The molecule has 3 amide bonds. The van der Waals surface area contributed by atoms with E-state index in [9.17, 15) is 9.59 Å². The fourth-order valence-corrected chi connectivity index (χ4v) is 5.50. The summed E-state index contributed by atoms with van der Waals surface area (Å²) >= 11 is 0. The topological polar surface area (TPSA) is 93.5 Å². The number of carbonyl (C=O) groups excluding carboxylic acids is 2. The average Bonchev–Trinajstić information content (AvgIpc) is 3.42. The van der Waals surface area contributed by atoms with Gasteiger partial charge in [0.25, 0.3) is 5.91 Å². The van der Waals surface area contributed by atoms with Gasteiger partial charge in [-0.25, -0.2) is 4.79 Å². The van der Waals surface area contributed by atoms with Crippen molar-refractivity contribution in [3.05, 3.63) is 47.9 Å². The van der Waals surface area contributed by atoms with E-state index in [0.29, 0.717) is 31.1 Å². The highest BCUT2D eigenvalue weighted by Crippen LogP contribution is 2.37. The number of amides is 3. The number of nitrogens with zero attached hydrogens (tertiary/aromatic N) is 2. The van der Waals surface area contributed by atoms with E-state index in [1.165, 1.54) is 4.90 Å². The fourth-order valence-electron chi connectivity index (χ4n) is 5.50. The molecule has 9 heteroatoms. The van der Waals surface area contributed by atoms with Gasteiger partial charge in [-0.1, -0.05) is 19.1 Å². The van der Waals surface area contributed by atoms with Crippen molar-refractivity contribution in [1.82, 2.24) is 15.1 Å². The quantitative estimate of drug-likeness (QED) is 0.577. The SMILES string of the molecule is CCC1(C2CCN(Cc3ccc(COC)o3)CC2)NC(=O)N(CC2COc3ccccc3O2)C1=O. The molecule has 2 atom stereocenters. The molecule has 3 aliphatic rings. The molecule has 5 rings (SSSR count). The van der Waals surface area contributed by atoms with Crippen LogP contribution in [0.1, 0.15) is 37.7 Å². The van der Waals surface area contributed by atoms with Crippen LogP contribution in [0.3, 0.4) is 0 Å². The Morgan fingerprint density at radius 2 is 1.83 bits per heavy atom. The molecule has 0 bridgehead atoms. The van der Waals surface area contributed by atoms with E-state index < -0.39 is 11.6 Å². The monoisotopic (exact) mass is 483 g/mol. The number of fused-ring (bicyclic) bond motifs is 1. The summed E-state index contributed by atoms with van der Waals surface area (Å²) < 4.78 is 22.7. The number of imide groups is 1. The molecule has 2 saturated heterocycles. The van der Waals surface area contributed by atoms with Crippen molar-refractivity contribution < 1.29 is 28.2 Å². The van der Waals surface area contributed by atoms with Crippen LogP contribution in [0.25, 0.3) is 0 Å². The molecular formula is C26H33N3O6. The van der Waals surface area contributed by atoms with Crippen molar-refractivity contribution in [3.63, 3.8) is 0 Å². The van der Waals surface area contributed by atoms with Gasteiger partial charge >= 0.3 is 6.03 Å². The minimum Gasteiger partial charge on any atom is -0.486 e. The molecular weight excluding hydrogens is 450 g/mol. The molecule has 1 aromatic heterocycles. The number of hydrogen-bond donors (Lipinski definition) is 1. The molecule has 2 aromatic rings. The van der Waals surface area contributed by atoms with Gasteiger partial charge in [-0.3, -0.25) is 14.6 Å². The zero-order valence-electron chi connectivity index (χ0n) is 20.3. The largest absolute Gasteiger partial charge is 0.486 e. The number of rotatable bonds is 8. The summed E-state index contributed by atoms with van der Waals surface area (Å²) in [6.45, 7) is 5.31. The Bertz CT molecular complexity index is 1060. The third kappa shape index (κ3) is 4.62. The third-order valence-electron chi connectivity index (χ3n) is 7.38. The van der Waals surface area contributed by atoms with Gasteiger partial charge in [-0.2, -0.15) is 0 Å². The van der Waals surface area contributed by atoms with E-state index in [2.05, 4.69) is 10.2 Å². The Morgan fingerprint density at radius 1 is 1.09 bits per heavy atom. The molecule has 1 aromatic carbocycles. The van der Waals surface area contributed by atoms with Crippen LogP contribution in [0, 0.1) is 5.92 Å². The number of nitrogens with one attached hydrogen (secondary N) is 1. The summed E-state index contributed by atoms with van der Waals surface area (Å²) in [4.78, 5) is 30.2. The maximum atomic E-state index is 13.6. The molecule has 188 valence electrons. The zero-order valence-corrected chi connectivity index (χ0v) is 20.3. The summed E-state index contributed by atoms with van der Waals surface area (Å²) in [6, 6.07) is 11.0. The van der Waals surface area contributed by atoms with Crippen LogP contribution in [-0.4, -0.2) is 66.7 Å². The minimum atomic E-state index is -0.868. The molecule has 0 spiro atoms. The Hall–Kier alpha value is -3.04. The predicted octanol–water partition coefficient (Wildman–Crippen LogP) is 3.18. The highest BCUT2D eigenvalue weighted by atomic mass is 16.6. The van der Waals surface area contributed by atoms with E-state index in [1.807, 2.05) is 43.3 Å². The molecule has 2 unspecified atom stereocenters. The van der Waals surface area contributed by atoms with Gasteiger partial charge in [0.05, 0.1) is 13.1 Å². The van der Waals surface area contributed by atoms with Crippen LogP contribution >= 0.6 is 0 Å². The number of hydrogen-bond acceptors (Lipinski definition) is 7. The molecule has 9 nitrogen and oxygen atoms in total. The first-order valence-electron chi connectivity index (χ1n) is 12.3. The lowest BCUT2D eigenvalue weighted by Gasteiger charge is -2.40. The highest BCUT2D eigenvalue weighted by Gasteiger charge is 2.55. The number of carbonyl (C=O) groups is 2. The Morgan fingerprint density at radius 3 is 2.57 bits per heavy atom. The average molecular weight is 484 g/mol. The lowest BCUT2D eigenvalue weighted by Crippen LogP contribution is -2.56. The number of methoxy groups -OCH3 is 1. The molecule has 0 saturated carbocycles. The molecule has 2 fully saturated rings. The van der Waals surface area contributed by atoms with Crippen LogP contribution in [0.2, 0.25) is 0 Å². The van der Waals surface area contributed by atoms with E-state index in [0.717, 1.165) is 44.0 Å². The van der Waals surface area contributed by atoms with Crippen molar-refractivity contribution in [3.8, 4) is 11.5 Å². The molecule has 4 heterocycles. The van der Waals surface area contributed by atoms with E-state index in [-0.39, 0.29) is 24.4 Å². The predicted molar refractivity (Wildman–Crippen MR) is 127 cm³/mol. The Kier molecular flexibility index (Phi) is 6.71. The maximum Gasteiger partial charge on any atom is 0.325 e. The van der Waals surface area contributed by atoms with Gasteiger partial charge in [-0.05, 0) is 62.5 Å². The first-order valence-corrected chi connectivity index (χ1v) is 12.3. The van der Waals surface area contributed by atoms with Gasteiger partial charge in [0, 0.05) is 7.11 Å². The van der Waals surface area contributed by atoms with Crippen molar-refractivity contribution in [2.24, 2.45) is 5.92 Å². The second-order valence-corrected chi connectivity index (χ2v) is 9.52. The van der Waals surface area contributed by atoms with Crippen LogP contribution in [0.5, 0.6) is 11.5 Å². The second kappa shape index (κ2) is 9.91. The van der Waals surface area contributed by atoms with Gasteiger partial charge in [0.1, 0.15) is 30.3 Å². The summed E-state index contributed by atoms with van der Waals surface area (Å²) in [7, 11) is 1.65. The standard InChI is InChI=1S/C26H33N3O6/c1-3-26(18-10-12-28(13-11-18)14-19-8-9-20(34-19)16-32-2)24(30)29(25(31)27-26)15-21-17-33-22-6-4-5-7-23(22)35-21/h4-9,18,21H,3,10-17H2,1-2H3,(H,27,31). The molecule has 35 heavy (non-hydrogen) atoms. The van der Waals surface area contributed by atoms with E-state index in [1.54, 1.807) is 7.11 Å². The lowest BCUT2D eigenvalue weighted by molar-refractivity contribution is -0.135. The molecule has 3 aliphatic heterocycles.